The van der Waals surface area contributed by atoms with Gasteiger partial charge in [-0.25, -0.2) is 10.2 Å². The molecule has 7 heteroatoms. The minimum Gasteiger partial charge on any atom is -0.497 e. The molecule has 2 N–H and O–H groups in total. The van der Waals surface area contributed by atoms with Gasteiger partial charge in [-0.2, -0.15) is 10.1 Å². The molecule has 7 nitrogen and oxygen atoms in total. The van der Waals surface area contributed by atoms with Crippen LogP contribution in [-0.4, -0.2) is 29.2 Å². The Kier molecular flexibility index (Phi) is 4.45. The average molecular weight is 286 g/mol. The van der Waals surface area contributed by atoms with E-state index in [0.29, 0.717) is 5.69 Å². The van der Waals surface area contributed by atoms with Gasteiger partial charge in [-0.1, -0.05) is 0 Å². The van der Waals surface area contributed by atoms with E-state index in [4.69, 9.17) is 4.74 Å². The third kappa shape index (κ3) is 4.00. The molecule has 0 aliphatic rings. The molecule has 0 unspecified atom stereocenters. The van der Waals surface area contributed by atoms with E-state index in [-0.39, 0.29) is 5.69 Å². The molecule has 0 aliphatic heterocycles. The van der Waals surface area contributed by atoms with Crippen LogP contribution in [0.2, 0.25) is 0 Å². The average Bonchev–Trinajstić information content (AvgIpc) is 2.47. The maximum atomic E-state index is 11.8. The fourth-order valence-corrected chi connectivity index (χ4v) is 1.61. The first kappa shape index (κ1) is 14.4. The maximum absolute atomic E-state index is 11.8. The lowest BCUT2D eigenvalue weighted by atomic mass is 10.2. The Labute approximate surface area is 120 Å². The molecule has 0 spiro atoms. The van der Waals surface area contributed by atoms with Gasteiger partial charge >= 0.3 is 5.69 Å². The monoisotopic (exact) mass is 286 g/mol. The van der Waals surface area contributed by atoms with Crippen LogP contribution in [0, 0.1) is 6.92 Å². The summed E-state index contributed by atoms with van der Waals surface area (Å²) in [4.78, 5) is 29.0. The maximum Gasteiger partial charge on any atom is 0.345 e. The number of aryl methyl sites for hydroxylation is 1. The Morgan fingerprint density at radius 2 is 2.10 bits per heavy atom. The number of ether oxygens (including phenoxy) is 1. The molecule has 2 rings (SSSR count). The van der Waals surface area contributed by atoms with Crippen LogP contribution in [-0.2, 0) is 0 Å². The minimum atomic E-state index is -0.570. The molecule has 1 heterocycles. The summed E-state index contributed by atoms with van der Waals surface area (Å²) < 4.78 is 5.04. The molecular formula is C14H14N4O3. The van der Waals surface area contributed by atoms with Gasteiger partial charge in [0.25, 0.3) is 5.91 Å². The Bertz CT molecular complexity index is 720. The lowest BCUT2D eigenvalue weighted by Gasteiger charge is -2.00. The van der Waals surface area contributed by atoms with E-state index in [9.17, 15) is 9.59 Å². The first-order chi connectivity index (χ1) is 10.1. The van der Waals surface area contributed by atoms with Crippen LogP contribution in [0.5, 0.6) is 5.75 Å². The molecule has 1 aromatic carbocycles. The quantitative estimate of drug-likeness (QED) is 0.643. The van der Waals surface area contributed by atoms with Crippen molar-refractivity contribution in [2.24, 2.45) is 5.10 Å². The van der Waals surface area contributed by atoms with E-state index in [0.717, 1.165) is 11.3 Å². The highest BCUT2D eigenvalue weighted by Gasteiger charge is 2.07. The number of nitrogens with zero attached hydrogens (tertiary/aromatic N) is 2. The Hall–Kier alpha value is -2.96. The van der Waals surface area contributed by atoms with E-state index in [1.165, 1.54) is 12.3 Å². The van der Waals surface area contributed by atoms with Crippen LogP contribution in [0.1, 0.15) is 21.7 Å². The standard InChI is InChI=1S/C14H14N4O3/c1-9-7-12(17-14(20)16-9)13(19)18-15-8-10-3-5-11(21-2)6-4-10/h3-8H,1-2H3,(H,18,19)(H,16,17,20)/b15-8+. The lowest BCUT2D eigenvalue weighted by Crippen LogP contribution is -2.24. The zero-order valence-corrected chi connectivity index (χ0v) is 11.6. The predicted octanol–water partition coefficient (Wildman–Crippen LogP) is 0.851. The minimum absolute atomic E-state index is 0.0168. The van der Waals surface area contributed by atoms with Crippen LogP contribution >= 0.6 is 0 Å². The molecule has 0 aliphatic carbocycles. The number of nitrogens with one attached hydrogen (secondary N) is 2. The first-order valence-electron chi connectivity index (χ1n) is 6.14. The zero-order valence-electron chi connectivity index (χ0n) is 11.6. The summed E-state index contributed by atoms with van der Waals surface area (Å²) in [7, 11) is 1.58. The van der Waals surface area contributed by atoms with Crippen LogP contribution in [0.3, 0.4) is 0 Å². The highest BCUT2D eigenvalue weighted by Crippen LogP contribution is 2.09. The SMILES string of the molecule is COc1ccc(/C=N/NC(=O)c2cc(C)[nH]c(=O)n2)cc1. The smallest absolute Gasteiger partial charge is 0.345 e. The highest BCUT2D eigenvalue weighted by atomic mass is 16.5. The van der Waals surface area contributed by atoms with Crippen LogP contribution < -0.4 is 15.9 Å². The molecule has 0 radical (unpaired) electrons. The third-order valence-electron chi connectivity index (χ3n) is 2.61. The van der Waals surface area contributed by atoms with Gasteiger partial charge in [0.2, 0.25) is 0 Å². The van der Waals surface area contributed by atoms with Crippen LogP contribution in [0.25, 0.3) is 0 Å². The number of hydrazone groups is 1. The second kappa shape index (κ2) is 6.47. The van der Waals surface area contributed by atoms with Crippen molar-refractivity contribution in [1.82, 2.24) is 15.4 Å². The largest absolute Gasteiger partial charge is 0.497 e. The number of carbonyl (C=O) groups excluding carboxylic acids is 1. The molecule has 1 aromatic heterocycles. The van der Waals surface area contributed by atoms with E-state index in [1.807, 2.05) is 0 Å². The number of rotatable bonds is 4. The molecule has 1 amide bonds. The van der Waals surface area contributed by atoms with E-state index in [2.05, 4.69) is 20.5 Å². The molecule has 108 valence electrons. The van der Waals surface area contributed by atoms with E-state index in [1.54, 1.807) is 38.3 Å². The van der Waals surface area contributed by atoms with Gasteiger partial charge in [-0.15, -0.1) is 0 Å². The van der Waals surface area contributed by atoms with Crippen molar-refractivity contribution < 1.29 is 9.53 Å². The number of aromatic nitrogens is 2. The summed E-state index contributed by atoms with van der Waals surface area (Å²) in [5.41, 5.74) is 3.11. The summed E-state index contributed by atoms with van der Waals surface area (Å²) >= 11 is 0. The second-order valence-electron chi connectivity index (χ2n) is 4.23. The van der Waals surface area contributed by atoms with Crippen molar-refractivity contribution >= 4 is 12.1 Å². The van der Waals surface area contributed by atoms with E-state index >= 15 is 0 Å². The zero-order chi connectivity index (χ0) is 15.2. The summed E-state index contributed by atoms with van der Waals surface area (Å²) in [6, 6.07) is 8.63. The van der Waals surface area contributed by atoms with Crippen molar-refractivity contribution in [3.05, 3.63) is 57.8 Å². The van der Waals surface area contributed by atoms with Gasteiger partial charge in [-0.05, 0) is 42.8 Å². The highest BCUT2D eigenvalue weighted by molar-refractivity contribution is 5.93. The topological polar surface area (TPSA) is 96.4 Å². The van der Waals surface area contributed by atoms with Crippen molar-refractivity contribution in [2.75, 3.05) is 7.11 Å². The first-order valence-corrected chi connectivity index (χ1v) is 6.14. The number of amides is 1. The van der Waals surface area contributed by atoms with Gasteiger partial charge in [0, 0.05) is 5.69 Å². The predicted molar refractivity (Wildman–Crippen MR) is 77.6 cm³/mol. The normalized spacial score (nSPS) is 10.6. The molecule has 0 saturated heterocycles. The Morgan fingerprint density at radius 1 is 1.38 bits per heavy atom. The molecule has 0 bridgehead atoms. The van der Waals surface area contributed by atoms with Gasteiger partial charge < -0.3 is 9.72 Å². The van der Waals surface area contributed by atoms with Crippen molar-refractivity contribution in [3.8, 4) is 5.75 Å². The molecular weight excluding hydrogens is 272 g/mol. The summed E-state index contributed by atoms with van der Waals surface area (Å²) in [6.07, 6.45) is 1.48. The van der Waals surface area contributed by atoms with Crippen molar-refractivity contribution in [2.45, 2.75) is 6.92 Å². The molecule has 2 aromatic rings. The number of benzene rings is 1. The molecule has 21 heavy (non-hydrogen) atoms. The fraction of sp³-hybridized carbons (Fsp3) is 0.143. The summed E-state index contributed by atoms with van der Waals surface area (Å²) in [5.74, 6) is 0.188. The Morgan fingerprint density at radius 3 is 2.71 bits per heavy atom. The Balaban J connectivity index is 2.02. The second-order valence-corrected chi connectivity index (χ2v) is 4.23. The molecule has 0 saturated carbocycles. The molecule has 0 atom stereocenters. The molecule has 0 fully saturated rings. The lowest BCUT2D eigenvalue weighted by molar-refractivity contribution is 0.0949. The van der Waals surface area contributed by atoms with Gasteiger partial charge in [0.1, 0.15) is 11.4 Å². The number of methoxy groups -OCH3 is 1. The fourth-order valence-electron chi connectivity index (χ4n) is 1.61. The summed E-state index contributed by atoms with van der Waals surface area (Å²) in [5, 5.41) is 3.82. The van der Waals surface area contributed by atoms with Crippen LogP contribution in [0.15, 0.2) is 40.2 Å². The summed E-state index contributed by atoms with van der Waals surface area (Å²) in [6.45, 7) is 1.67. The number of hydrogen-bond donors (Lipinski definition) is 2. The van der Waals surface area contributed by atoms with Gasteiger partial charge in [0.05, 0.1) is 13.3 Å². The van der Waals surface area contributed by atoms with E-state index < -0.39 is 11.6 Å². The number of carbonyl (C=O) groups is 1. The van der Waals surface area contributed by atoms with Gasteiger partial charge in [-0.3, -0.25) is 4.79 Å². The number of hydrogen-bond acceptors (Lipinski definition) is 5. The van der Waals surface area contributed by atoms with Crippen molar-refractivity contribution in [3.63, 3.8) is 0 Å². The number of aromatic amines is 1. The van der Waals surface area contributed by atoms with Crippen molar-refractivity contribution in [1.29, 1.82) is 0 Å². The third-order valence-corrected chi connectivity index (χ3v) is 2.61. The number of H-pyrrole nitrogens is 1. The van der Waals surface area contributed by atoms with Gasteiger partial charge in [0.15, 0.2) is 0 Å². The van der Waals surface area contributed by atoms with Crippen LogP contribution in [0.4, 0.5) is 0 Å².